The maximum Gasteiger partial charge on any atom is 0.269 e. The lowest BCUT2D eigenvalue weighted by molar-refractivity contribution is 0.0827. The second kappa shape index (κ2) is 6.08. The summed E-state index contributed by atoms with van der Waals surface area (Å²) in [6.07, 6.45) is 0. The van der Waals surface area contributed by atoms with E-state index in [4.69, 9.17) is 5.73 Å². The van der Waals surface area contributed by atoms with Crippen LogP contribution in [-0.2, 0) is 0 Å². The first-order valence-electron chi connectivity index (χ1n) is 7.35. The quantitative estimate of drug-likeness (QED) is 0.800. The number of carbonyl (C=O) groups is 2. The molecule has 2 amide bonds. The van der Waals surface area contributed by atoms with E-state index in [1.807, 2.05) is 30.3 Å². The lowest BCUT2D eigenvalue weighted by Crippen LogP contribution is -2.21. The molecule has 0 spiro atoms. The summed E-state index contributed by atoms with van der Waals surface area (Å²) in [7, 11) is 3.44. The van der Waals surface area contributed by atoms with Gasteiger partial charge in [-0.05, 0) is 35.4 Å². The van der Waals surface area contributed by atoms with Crippen molar-refractivity contribution >= 4 is 22.7 Å². The highest BCUT2D eigenvalue weighted by Crippen LogP contribution is 2.24. The van der Waals surface area contributed by atoms with Crippen LogP contribution < -0.4 is 5.73 Å². The van der Waals surface area contributed by atoms with E-state index in [2.05, 4.69) is 10.2 Å². The molecule has 0 radical (unpaired) electrons. The molecule has 0 saturated heterocycles. The first-order valence-corrected chi connectivity index (χ1v) is 7.35. The molecule has 2 aromatic carbocycles. The zero-order valence-electron chi connectivity index (χ0n) is 13.4. The van der Waals surface area contributed by atoms with Crippen LogP contribution in [0.15, 0.2) is 48.5 Å². The number of fused-ring (bicyclic) bond motifs is 1. The van der Waals surface area contributed by atoms with Crippen LogP contribution in [0.4, 0.5) is 0 Å². The molecule has 3 rings (SSSR count). The van der Waals surface area contributed by atoms with Gasteiger partial charge in [0, 0.05) is 25.0 Å². The number of benzene rings is 2. The molecule has 120 valence electrons. The van der Waals surface area contributed by atoms with Gasteiger partial charge in [-0.15, -0.1) is 10.2 Å². The molecule has 3 aromatic rings. The predicted octanol–water partition coefficient (Wildman–Crippen LogP) is 2.10. The number of nitrogens with two attached hydrogens (primary N) is 1. The first-order chi connectivity index (χ1) is 11.5. The van der Waals surface area contributed by atoms with Crippen molar-refractivity contribution in [2.75, 3.05) is 14.1 Å². The van der Waals surface area contributed by atoms with E-state index in [0.717, 1.165) is 16.5 Å². The van der Waals surface area contributed by atoms with Crippen molar-refractivity contribution in [3.8, 4) is 11.1 Å². The van der Waals surface area contributed by atoms with Crippen molar-refractivity contribution in [3.63, 3.8) is 0 Å². The summed E-state index contributed by atoms with van der Waals surface area (Å²) in [5.41, 5.74) is 8.58. The Balaban J connectivity index is 1.96. The first kappa shape index (κ1) is 15.6. The van der Waals surface area contributed by atoms with E-state index in [0.29, 0.717) is 11.1 Å². The third kappa shape index (κ3) is 2.94. The van der Waals surface area contributed by atoms with Crippen LogP contribution in [0.3, 0.4) is 0 Å². The Bertz CT molecular complexity index is 933. The number of nitrogens with zero attached hydrogens (tertiary/aromatic N) is 3. The Morgan fingerprint density at radius 1 is 0.917 bits per heavy atom. The zero-order chi connectivity index (χ0) is 17.3. The van der Waals surface area contributed by atoms with Gasteiger partial charge in [0.25, 0.3) is 11.8 Å². The van der Waals surface area contributed by atoms with E-state index < -0.39 is 5.91 Å². The van der Waals surface area contributed by atoms with Crippen LogP contribution in [0.5, 0.6) is 0 Å². The highest BCUT2D eigenvalue weighted by molar-refractivity contribution is 5.96. The van der Waals surface area contributed by atoms with Crippen LogP contribution >= 0.6 is 0 Å². The minimum atomic E-state index is -0.602. The number of amides is 2. The van der Waals surface area contributed by atoms with Crippen LogP contribution in [0, 0.1) is 0 Å². The van der Waals surface area contributed by atoms with Gasteiger partial charge in [0.15, 0.2) is 5.69 Å². The summed E-state index contributed by atoms with van der Waals surface area (Å²) in [5.74, 6) is -0.639. The van der Waals surface area contributed by atoms with Gasteiger partial charge in [-0.2, -0.15) is 0 Å². The molecule has 2 N–H and O–H groups in total. The Kier molecular flexibility index (Phi) is 3.95. The second-order valence-electron chi connectivity index (χ2n) is 5.64. The molecule has 0 aliphatic carbocycles. The fourth-order valence-corrected chi connectivity index (χ4v) is 2.40. The summed E-state index contributed by atoms with van der Waals surface area (Å²) in [5, 5.41) is 8.66. The molecule has 0 aliphatic rings. The van der Waals surface area contributed by atoms with E-state index in [1.54, 1.807) is 32.3 Å². The van der Waals surface area contributed by atoms with E-state index in [9.17, 15) is 9.59 Å². The van der Waals surface area contributed by atoms with Crippen LogP contribution in [0.1, 0.15) is 20.8 Å². The van der Waals surface area contributed by atoms with Crippen LogP contribution in [0.25, 0.3) is 22.0 Å². The monoisotopic (exact) mass is 320 g/mol. The van der Waals surface area contributed by atoms with Gasteiger partial charge in [0.05, 0.1) is 5.52 Å². The molecule has 1 heterocycles. The average Bonchev–Trinajstić information content (AvgIpc) is 2.60. The number of hydrogen-bond donors (Lipinski definition) is 1. The molecule has 1 aromatic heterocycles. The van der Waals surface area contributed by atoms with Gasteiger partial charge in [-0.1, -0.05) is 24.3 Å². The standard InChI is InChI=1S/C18H16N4O2/c1-22(2)18(24)12-5-3-11(4-6-12)13-7-8-14-10-16(17(19)23)21-20-15(14)9-13/h3-10H,1-2H3,(H2,19,23). The second-order valence-corrected chi connectivity index (χ2v) is 5.64. The summed E-state index contributed by atoms with van der Waals surface area (Å²) in [4.78, 5) is 24.6. The minimum absolute atomic E-state index is 0.0371. The lowest BCUT2D eigenvalue weighted by atomic mass is 10.0. The molecule has 6 nitrogen and oxygen atoms in total. The molecule has 24 heavy (non-hydrogen) atoms. The van der Waals surface area contributed by atoms with E-state index in [1.165, 1.54) is 4.90 Å². The zero-order valence-corrected chi connectivity index (χ0v) is 13.4. The van der Waals surface area contributed by atoms with Gasteiger partial charge in [0.2, 0.25) is 0 Å². The SMILES string of the molecule is CN(C)C(=O)c1ccc(-c2ccc3cc(C(N)=O)nnc3c2)cc1. The molecule has 0 fully saturated rings. The van der Waals surface area contributed by atoms with Gasteiger partial charge >= 0.3 is 0 Å². The summed E-state index contributed by atoms with van der Waals surface area (Å²) < 4.78 is 0. The Labute approximate surface area is 138 Å². The fraction of sp³-hybridized carbons (Fsp3) is 0.111. The molecule has 0 unspecified atom stereocenters. The van der Waals surface area contributed by atoms with Crippen molar-refractivity contribution < 1.29 is 9.59 Å². The van der Waals surface area contributed by atoms with Gasteiger partial charge in [-0.3, -0.25) is 9.59 Å². The number of primary amides is 1. The Hall–Kier alpha value is -3.28. The van der Waals surface area contributed by atoms with E-state index in [-0.39, 0.29) is 11.6 Å². The van der Waals surface area contributed by atoms with Crippen molar-refractivity contribution in [2.24, 2.45) is 5.73 Å². The lowest BCUT2D eigenvalue weighted by Gasteiger charge is -2.10. The van der Waals surface area contributed by atoms with Crippen molar-refractivity contribution in [1.82, 2.24) is 15.1 Å². The van der Waals surface area contributed by atoms with Crippen LogP contribution in [-0.4, -0.2) is 41.0 Å². The van der Waals surface area contributed by atoms with Crippen LogP contribution in [0.2, 0.25) is 0 Å². The molecule has 0 atom stereocenters. The van der Waals surface area contributed by atoms with Gasteiger partial charge < -0.3 is 10.6 Å². The molecule has 0 saturated carbocycles. The molecular formula is C18H16N4O2. The third-order valence-electron chi connectivity index (χ3n) is 3.71. The van der Waals surface area contributed by atoms with Crippen molar-refractivity contribution in [1.29, 1.82) is 0 Å². The van der Waals surface area contributed by atoms with Gasteiger partial charge in [-0.25, -0.2) is 0 Å². The fourth-order valence-electron chi connectivity index (χ4n) is 2.40. The minimum Gasteiger partial charge on any atom is -0.364 e. The summed E-state index contributed by atoms with van der Waals surface area (Å²) in [6.45, 7) is 0. The predicted molar refractivity (Wildman–Crippen MR) is 91.5 cm³/mol. The summed E-state index contributed by atoms with van der Waals surface area (Å²) in [6, 6.07) is 14.7. The highest BCUT2D eigenvalue weighted by atomic mass is 16.2. The smallest absolute Gasteiger partial charge is 0.269 e. The number of hydrogen-bond acceptors (Lipinski definition) is 4. The Morgan fingerprint density at radius 3 is 2.21 bits per heavy atom. The number of rotatable bonds is 3. The van der Waals surface area contributed by atoms with E-state index >= 15 is 0 Å². The third-order valence-corrected chi connectivity index (χ3v) is 3.71. The maximum absolute atomic E-state index is 11.9. The molecular weight excluding hydrogens is 304 g/mol. The van der Waals surface area contributed by atoms with Crippen molar-refractivity contribution in [2.45, 2.75) is 0 Å². The average molecular weight is 320 g/mol. The Morgan fingerprint density at radius 2 is 1.58 bits per heavy atom. The van der Waals surface area contributed by atoms with Gasteiger partial charge in [0.1, 0.15) is 0 Å². The topological polar surface area (TPSA) is 89.2 Å². The highest BCUT2D eigenvalue weighted by Gasteiger charge is 2.09. The number of carbonyl (C=O) groups excluding carboxylic acids is 2. The molecule has 0 aliphatic heterocycles. The maximum atomic E-state index is 11.9. The largest absolute Gasteiger partial charge is 0.364 e. The molecule has 6 heteroatoms. The number of aromatic nitrogens is 2. The normalized spacial score (nSPS) is 10.6. The summed E-state index contributed by atoms with van der Waals surface area (Å²) >= 11 is 0. The van der Waals surface area contributed by atoms with Crippen molar-refractivity contribution in [3.05, 3.63) is 59.8 Å². The molecule has 0 bridgehead atoms.